The van der Waals surface area contributed by atoms with E-state index in [1.165, 1.54) is 7.11 Å². The molecule has 0 aromatic heterocycles. The molecule has 0 bridgehead atoms. The molecule has 0 rings (SSSR count). The number of hydrogen-bond donors (Lipinski definition) is 1. The highest BCUT2D eigenvalue weighted by Gasteiger charge is 2.11. The third-order valence-corrected chi connectivity index (χ3v) is 1.24. The summed E-state index contributed by atoms with van der Waals surface area (Å²) in [7, 11) is 1.52. The monoisotopic (exact) mass is 157 g/mol. The van der Waals surface area contributed by atoms with Crippen LogP contribution in [0.25, 0.3) is 0 Å². The number of methoxy groups -OCH3 is 1. The molecule has 0 saturated carbocycles. The second-order valence-corrected chi connectivity index (χ2v) is 2.66. The maximum Gasteiger partial charge on any atom is 0.155 e. The van der Waals surface area contributed by atoms with Crippen LogP contribution < -0.4 is 5.73 Å². The molecule has 11 heavy (non-hydrogen) atoms. The first kappa shape index (κ1) is 10.3. The minimum absolute atomic E-state index is 0.0145. The minimum atomic E-state index is -0.503. The van der Waals surface area contributed by atoms with Crippen LogP contribution >= 0.6 is 0 Å². The molecule has 0 aliphatic rings. The second kappa shape index (κ2) is 5.04. The van der Waals surface area contributed by atoms with Crippen molar-refractivity contribution in [3.05, 3.63) is 12.2 Å². The zero-order chi connectivity index (χ0) is 8.85. The van der Waals surface area contributed by atoms with E-state index in [-0.39, 0.29) is 12.4 Å². The molecule has 0 fully saturated rings. The van der Waals surface area contributed by atoms with E-state index in [1.807, 2.05) is 0 Å². The van der Waals surface area contributed by atoms with E-state index in [0.717, 1.165) is 5.57 Å². The van der Waals surface area contributed by atoms with Crippen molar-refractivity contribution >= 4 is 5.78 Å². The predicted molar refractivity (Wildman–Crippen MR) is 44.3 cm³/mol. The number of ether oxygens (including phenoxy) is 1. The van der Waals surface area contributed by atoms with Crippen molar-refractivity contribution in [2.45, 2.75) is 19.4 Å². The molecule has 0 aliphatic carbocycles. The predicted octanol–water partition coefficient (Wildman–Crippen LogP) is 0.495. The van der Waals surface area contributed by atoms with E-state index >= 15 is 0 Å². The van der Waals surface area contributed by atoms with Crippen molar-refractivity contribution in [3.63, 3.8) is 0 Å². The smallest absolute Gasteiger partial charge is 0.155 e. The standard InChI is InChI=1S/C8H15NO2/c1-6(2)4-8(10)7(9)5-11-3/h7H,1,4-5,9H2,2-3H3. The normalized spacial score (nSPS) is 12.6. The van der Waals surface area contributed by atoms with E-state index in [0.29, 0.717) is 6.42 Å². The van der Waals surface area contributed by atoms with Gasteiger partial charge < -0.3 is 10.5 Å². The Hall–Kier alpha value is -0.670. The van der Waals surface area contributed by atoms with E-state index < -0.39 is 6.04 Å². The van der Waals surface area contributed by atoms with Gasteiger partial charge in [0.15, 0.2) is 5.78 Å². The van der Waals surface area contributed by atoms with Gasteiger partial charge in [-0.3, -0.25) is 4.79 Å². The topological polar surface area (TPSA) is 52.3 Å². The highest BCUT2D eigenvalue weighted by atomic mass is 16.5. The van der Waals surface area contributed by atoms with Gasteiger partial charge >= 0.3 is 0 Å². The quantitative estimate of drug-likeness (QED) is 0.591. The molecule has 1 atom stereocenters. The molecule has 3 nitrogen and oxygen atoms in total. The van der Waals surface area contributed by atoms with Crippen LogP contribution in [0.2, 0.25) is 0 Å². The highest BCUT2D eigenvalue weighted by Crippen LogP contribution is 1.98. The lowest BCUT2D eigenvalue weighted by Gasteiger charge is -2.08. The van der Waals surface area contributed by atoms with Gasteiger partial charge in [0.1, 0.15) is 0 Å². The van der Waals surface area contributed by atoms with Crippen LogP contribution in [0.3, 0.4) is 0 Å². The number of nitrogens with two attached hydrogens (primary N) is 1. The van der Waals surface area contributed by atoms with Crippen LogP contribution in [0.5, 0.6) is 0 Å². The summed E-state index contributed by atoms with van der Waals surface area (Å²) in [5.74, 6) is -0.0145. The zero-order valence-electron chi connectivity index (χ0n) is 7.09. The summed E-state index contributed by atoms with van der Waals surface area (Å²) >= 11 is 0. The van der Waals surface area contributed by atoms with Gasteiger partial charge in [0.05, 0.1) is 12.6 Å². The van der Waals surface area contributed by atoms with Crippen LogP contribution in [0.4, 0.5) is 0 Å². The van der Waals surface area contributed by atoms with Gasteiger partial charge in [-0.15, -0.1) is 0 Å². The Labute approximate surface area is 67.2 Å². The summed E-state index contributed by atoms with van der Waals surface area (Å²) < 4.78 is 4.73. The second-order valence-electron chi connectivity index (χ2n) is 2.66. The molecule has 64 valence electrons. The molecule has 0 aliphatic heterocycles. The van der Waals surface area contributed by atoms with Crippen LogP contribution in [-0.2, 0) is 9.53 Å². The molecule has 0 radical (unpaired) electrons. The fourth-order valence-corrected chi connectivity index (χ4v) is 0.701. The summed E-state index contributed by atoms with van der Waals surface area (Å²) in [6.45, 7) is 5.71. The molecule has 0 heterocycles. The van der Waals surface area contributed by atoms with Crippen molar-refractivity contribution in [2.24, 2.45) is 5.73 Å². The summed E-state index contributed by atoms with van der Waals surface area (Å²) in [4.78, 5) is 11.1. The van der Waals surface area contributed by atoms with Gasteiger partial charge in [0, 0.05) is 13.5 Å². The Balaban J connectivity index is 3.73. The summed E-state index contributed by atoms with van der Waals surface area (Å²) in [6.07, 6.45) is 0.352. The van der Waals surface area contributed by atoms with Gasteiger partial charge in [0.2, 0.25) is 0 Å². The SMILES string of the molecule is C=C(C)CC(=O)C(N)COC. The molecule has 0 aromatic carbocycles. The third kappa shape index (κ3) is 4.70. The Morgan fingerprint density at radius 3 is 2.64 bits per heavy atom. The molecular weight excluding hydrogens is 142 g/mol. The lowest BCUT2D eigenvalue weighted by molar-refractivity contribution is -0.120. The number of rotatable bonds is 5. The third-order valence-electron chi connectivity index (χ3n) is 1.24. The van der Waals surface area contributed by atoms with Crippen LogP contribution in [-0.4, -0.2) is 25.5 Å². The average Bonchev–Trinajstić information content (AvgIpc) is 1.86. The first-order valence-electron chi connectivity index (χ1n) is 3.49. The lowest BCUT2D eigenvalue weighted by atomic mass is 10.1. The first-order valence-corrected chi connectivity index (χ1v) is 3.49. The van der Waals surface area contributed by atoms with Crippen molar-refractivity contribution in [2.75, 3.05) is 13.7 Å². The molecule has 0 amide bonds. The molecule has 2 N–H and O–H groups in total. The van der Waals surface area contributed by atoms with E-state index in [4.69, 9.17) is 10.5 Å². The Morgan fingerprint density at radius 2 is 2.27 bits per heavy atom. The first-order chi connectivity index (χ1) is 5.07. The van der Waals surface area contributed by atoms with E-state index in [1.54, 1.807) is 6.92 Å². The van der Waals surface area contributed by atoms with E-state index in [2.05, 4.69) is 6.58 Å². The van der Waals surface area contributed by atoms with Crippen molar-refractivity contribution < 1.29 is 9.53 Å². The number of carbonyl (C=O) groups excluding carboxylic acids is 1. The minimum Gasteiger partial charge on any atom is -0.383 e. The molecule has 1 unspecified atom stereocenters. The number of hydrogen-bond acceptors (Lipinski definition) is 3. The van der Waals surface area contributed by atoms with Crippen LogP contribution in [0.15, 0.2) is 12.2 Å². The Bertz CT molecular complexity index is 154. The fraction of sp³-hybridized carbons (Fsp3) is 0.625. The van der Waals surface area contributed by atoms with Crippen molar-refractivity contribution in [1.82, 2.24) is 0 Å². The van der Waals surface area contributed by atoms with Gasteiger partial charge in [-0.2, -0.15) is 0 Å². The average molecular weight is 157 g/mol. The largest absolute Gasteiger partial charge is 0.383 e. The number of ketones is 1. The maximum atomic E-state index is 11.1. The summed E-state index contributed by atoms with van der Waals surface area (Å²) in [5, 5.41) is 0. The fourth-order valence-electron chi connectivity index (χ4n) is 0.701. The van der Waals surface area contributed by atoms with Gasteiger partial charge in [0.25, 0.3) is 0 Å². The molecule has 0 saturated heterocycles. The van der Waals surface area contributed by atoms with Crippen molar-refractivity contribution in [3.8, 4) is 0 Å². The van der Waals surface area contributed by atoms with Crippen LogP contribution in [0.1, 0.15) is 13.3 Å². The molecule has 0 aromatic rings. The molecular formula is C8H15NO2. The lowest BCUT2D eigenvalue weighted by Crippen LogP contribution is -2.34. The molecule has 3 heteroatoms. The van der Waals surface area contributed by atoms with Gasteiger partial charge in [-0.1, -0.05) is 12.2 Å². The Kier molecular flexibility index (Phi) is 4.74. The van der Waals surface area contributed by atoms with Crippen LogP contribution in [0, 0.1) is 0 Å². The highest BCUT2D eigenvalue weighted by molar-refractivity contribution is 5.85. The molecule has 0 spiro atoms. The summed E-state index contributed by atoms with van der Waals surface area (Å²) in [5.41, 5.74) is 6.30. The zero-order valence-corrected chi connectivity index (χ0v) is 7.09. The van der Waals surface area contributed by atoms with Crippen molar-refractivity contribution in [1.29, 1.82) is 0 Å². The number of Topliss-reactive ketones (excluding diaryl/α,β-unsaturated/α-hetero) is 1. The number of allylic oxidation sites excluding steroid dienone is 1. The van der Waals surface area contributed by atoms with Gasteiger partial charge in [-0.25, -0.2) is 0 Å². The maximum absolute atomic E-state index is 11.1. The summed E-state index contributed by atoms with van der Waals surface area (Å²) in [6, 6.07) is -0.503. The van der Waals surface area contributed by atoms with Gasteiger partial charge in [-0.05, 0) is 6.92 Å². The van der Waals surface area contributed by atoms with E-state index in [9.17, 15) is 4.79 Å². The Morgan fingerprint density at radius 1 is 1.73 bits per heavy atom. The number of carbonyl (C=O) groups is 1.